The molecule has 1 aliphatic heterocycles. The molecule has 0 bridgehead atoms. The van der Waals surface area contributed by atoms with E-state index >= 15 is 0 Å². The first-order chi connectivity index (χ1) is 8.72. The number of nitrogens with one attached hydrogen (secondary N) is 1. The third-order valence-corrected chi connectivity index (χ3v) is 2.95. The van der Waals surface area contributed by atoms with E-state index in [1.165, 1.54) is 0 Å². The van der Waals surface area contributed by atoms with E-state index in [4.69, 9.17) is 0 Å². The van der Waals surface area contributed by atoms with Gasteiger partial charge in [0, 0.05) is 38.8 Å². The summed E-state index contributed by atoms with van der Waals surface area (Å²) in [7, 11) is 0. The zero-order valence-corrected chi connectivity index (χ0v) is 11.0. The number of rotatable bonds is 6. The lowest BCUT2D eigenvalue weighted by atomic mass is 10.1. The summed E-state index contributed by atoms with van der Waals surface area (Å²) in [5.41, 5.74) is 0. The van der Waals surface area contributed by atoms with Crippen molar-refractivity contribution in [2.24, 2.45) is 0 Å². The molecule has 1 fully saturated rings. The fourth-order valence-corrected chi connectivity index (χ4v) is 2.10. The van der Waals surface area contributed by atoms with E-state index in [2.05, 4.69) is 25.1 Å². The zero-order chi connectivity index (χ0) is 13.4. The average Bonchev–Trinajstić information content (AvgIpc) is 2.38. The standard InChI is InChI=1S/C14H23N3O/c1-4-7-13-12-17(11-8-15-13)14(18)16(9-5-2)10-6-3/h4-6,13,15H,1-3,7-12H2. The smallest absolute Gasteiger partial charge is 0.320 e. The van der Waals surface area contributed by atoms with Gasteiger partial charge in [-0.05, 0) is 6.42 Å². The highest BCUT2D eigenvalue weighted by atomic mass is 16.2. The Morgan fingerprint density at radius 2 is 1.94 bits per heavy atom. The van der Waals surface area contributed by atoms with Crippen molar-refractivity contribution in [2.45, 2.75) is 12.5 Å². The van der Waals surface area contributed by atoms with Crippen LogP contribution in [-0.4, -0.2) is 54.6 Å². The summed E-state index contributed by atoms with van der Waals surface area (Å²) in [6.07, 6.45) is 6.25. The molecule has 1 aliphatic rings. The first-order valence-corrected chi connectivity index (χ1v) is 6.32. The molecule has 0 aromatic heterocycles. The van der Waals surface area contributed by atoms with Crippen LogP contribution in [0, 0.1) is 0 Å². The Balaban J connectivity index is 2.59. The van der Waals surface area contributed by atoms with Gasteiger partial charge in [0.1, 0.15) is 0 Å². The van der Waals surface area contributed by atoms with E-state index in [9.17, 15) is 4.79 Å². The van der Waals surface area contributed by atoms with Gasteiger partial charge in [-0.15, -0.1) is 19.7 Å². The van der Waals surface area contributed by atoms with Gasteiger partial charge in [-0.25, -0.2) is 4.79 Å². The van der Waals surface area contributed by atoms with Crippen LogP contribution in [-0.2, 0) is 0 Å². The van der Waals surface area contributed by atoms with Crippen LogP contribution in [0.2, 0.25) is 0 Å². The second kappa shape index (κ2) is 7.71. The Labute approximate surface area is 110 Å². The van der Waals surface area contributed by atoms with Crippen LogP contribution in [0.5, 0.6) is 0 Å². The molecule has 0 aromatic rings. The first kappa shape index (κ1) is 14.5. The van der Waals surface area contributed by atoms with Crippen molar-refractivity contribution in [1.82, 2.24) is 15.1 Å². The summed E-state index contributed by atoms with van der Waals surface area (Å²) in [5.74, 6) is 0. The second-order valence-electron chi connectivity index (χ2n) is 4.39. The molecule has 1 N–H and O–H groups in total. The van der Waals surface area contributed by atoms with Crippen molar-refractivity contribution in [3.63, 3.8) is 0 Å². The summed E-state index contributed by atoms with van der Waals surface area (Å²) in [4.78, 5) is 16.0. The molecule has 4 nitrogen and oxygen atoms in total. The van der Waals surface area contributed by atoms with Crippen molar-refractivity contribution in [1.29, 1.82) is 0 Å². The molecule has 2 amide bonds. The summed E-state index contributed by atoms with van der Waals surface area (Å²) < 4.78 is 0. The molecule has 0 aromatic carbocycles. The molecular weight excluding hydrogens is 226 g/mol. The maximum absolute atomic E-state index is 12.3. The first-order valence-electron chi connectivity index (χ1n) is 6.32. The molecule has 1 heterocycles. The Morgan fingerprint density at radius 1 is 1.28 bits per heavy atom. The normalized spacial score (nSPS) is 19.1. The highest BCUT2D eigenvalue weighted by molar-refractivity contribution is 5.75. The lowest BCUT2D eigenvalue weighted by Crippen LogP contribution is -2.55. The molecule has 1 rings (SSSR count). The minimum atomic E-state index is 0.0605. The molecule has 0 spiro atoms. The fraction of sp³-hybridized carbons (Fsp3) is 0.500. The largest absolute Gasteiger partial charge is 0.322 e. The van der Waals surface area contributed by atoms with Crippen LogP contribution in [0.25, 0.3) is 0 Å². The van der Waals surface area contributed by atoms with Gasteiger partial charge in [0.15, 0.2) is 0 Å². The monoisotopic (exact) mass is 249 g/mol. The third-order valence-electron chi connectivity index (χ3n) is 2.95. The van der Waals surface area contributed by atoms with E-state index in [1.807, 2.05) is 11.0 Å². The highest BCUT2D eigenvalue weighted by Crippen LogP contribution is 2.07. The number of amides is 2. The van der Waals surface area contributed by atoms with Gasteiger partial charge in [-0.1, -0.05) is 18.2 Å². The number of carbonyl (C=O) groups excluding carboxylic acids is 1. The zero-order valence-electron chi connectivity index (χ0n) is 11.0. The summed E-state index contributed by atoms with van der Waals surface area (Å²) in [6.45, 7) is 14.5. The van der Waals surface area contributed by atoms with E-state index in [1.54, 1.807) is 17.1 Å². The van der Waals surface area contributed by atoms with Gasteiger partial charge in [0.2, 0.25) is 0 Å². The van der Waals surface area contributed by atoms with Gasteiger partial charge < -0.3 is 15.1 Å². The maximum atomic E-state index is 12.3. The fourth-order valence-electron chi connectivity index (χ4n) is 2.10. The van der Waals surface area contributed by atoms with E-state index in [0.29, 0.717) is 19.1 Å². The maximum Gasteiger partial charge on any atom is 0.320 e. The summed E-state index contributed by atoms with van der Waals surface area (Å²) in [5, 5.41) is 3.38. The van der Waals surface area contributed by atoms with Gasteiger partial charge in [-0.2, -0.15) is 0 Å². The lowest BCUT2D eigenvalue weighted by molar-refractivity contribution is 0.145. The van der Waals surface area contributed by atoms with Crippen LogP contribution in [0.4, 0.5) is 4.79 Å². The van der Waals surface area contributed by atoms with E-state index in [0.717, 1.165) is 26.1 Å². The van der Waals surface area contributed by atoms with Gasteiger partial charge in [0.05, 0.1) is 0 Å². The minimum absolute atomic E-state index is 0.0605. The summed E-state index contributed by atoms with van der Waals surface area (Å²) in [6, 6.07) is 0.375. The van der Waals surface area contributed by atoms with Crippen LogP contribution >= 0.6 is 0 Å². The molecule has 1 atom stereocenters. The van der Waals surface area contributed by atoms with E-state index < -0.39 is 0 Å². The number of piperazine rings is 1. The predicted molar refractivity (Wildman–Crippen MR) is 75.5 cm³/mol. The lowest BCUT2D eigenvalue weighted by Gasteiger charge is -2.36. The van der Waals surface area contributed by atoms with Crippen molar-refractivity contribution in [3.05, 3.63) is 38.0 Å². The topological polar surface area (TPSA) is 35.6 Å². The van der Waals surface area contributed by atoms with Crippen LogP contribution in [0.15, 0.2) is 38.0 Å². The number of nitrogens with zero attached hydrogens (tertiary/aromatic N) is 2. The molecule has 4 heteroatoms. The van der Waals surface area contributed by atoms with Crippen molar-refractivity contribution < 1.29 is 4.79 Å². The Morgan fingerprint density at radius 3 is 2.50 bits per heavy atom. The van der Waals surface area contributed by atoms with Gasteiger partial charge in [0.25, 0.3) is 0 Å². The van der Waals surface area contributed by atoms with Crippen molar-refractivity contribution in [2.75, 3.05) is 32.7 Å². The number of hydrogen-bond donors (Lipinski definition) is 1. The second-order valence-corrected chi connectivity index (χ2v) is 4.39. The Kier molecular flexibility index (Phi) is 6.22. The summed E-state index contributed by atoms with van der Waals surface area (Å²) >= 11 is 0. The van der Waals surface area contributed by atoms with Crippen LogP contribution in [0.3, 0.4) is 0 Å². The Hall–Kier alpha value is -1.55. The minimum Gasteiger partial charge on any atom is -0.322 e. The highest BCUT2D eigenvalue weighted by Gasteiger charge is 2.25. The van der Waals surface area contributed by atoms with Crippen molar-refractivity contribution >= 4 is 6.03 Å². The molecule has 1 saturated heterocycles. The molecule has 1 unspecified atom stereocenters. The molecule has 0 aliphatic carbocycles. The van der Waals surface area contributed by atoms with Gasteiger partial charge in [-0.3, -0.25) is 0 Å². The average molecular weight is 249 g/mol. The molecule has 18 heavy (non-hydrogen) atoms. The van der Waals surface area contributed by atoms with E-state index in [-0.39, 0.29) is 6.03 Å². The molecule has 100 valence electrons. The van der Waals surface area contributed by atoms with Gasteiger partial charge >= 0.3 is 6.03 Å². The molecule has 0 saturated carbocycles. The number of urea groups is 1. The number of carbonyl (C=O) groups is 1. The van der Waals surface area contributed by atoms with Crippen LogP contribution in [0.1, 0.15) is 6.42 Å². The van der Waals surface area contributed by atoms with Crippen molar-refractivity contribution in [3.8, 4) is 0 Å². The molecular formula is C14H23N3O. The van der Waals surface area contributed by atoms with Crippen LogP contribution < -0.4 is 5.32 Å². The molecule has 0 radical (unpaired) electrons. The Bertz CT molecular complexity index is 304. The third kappa shape index (κ3) is 4.04. The SMILES string of the molecule is C=CCC1CN(C(=O)N(CC=C)CC=C)CCN1. The number of hydrogen-bond acceptors (Lipinski definition) is 2. The quantitative estimate of drug-likeness (QED) is 0.726. The predicted octanol–water partition coefficient (Wildman–Crippen LogP) is 1.63.